The molecule has 0 bridgehead atoms. The van der Waals surface area contributed by atoms with Crippen molar-refractivity contribution in [1.82, 2.24) is 0 Å². The maximum absolute atomic E-state index is 13.5. The summed E-state index contributed by atoms with van der Waals surface area (Å²) >= 11 is 3.13. The topological polar surface area (TPSA) is 20.3 Å². The molecule has 1 aliphatic rings. The summed E-state index contributed by atoms with van der Waals surface area (Å²) in [5.74, 6) is -0.159. The van der Waals surface area contributed by atoms with Gasteiger partial charge in [0.25, 0.3) is 0 Å². The number of benzene rings is 1. The van der Waals surface area contributed by atoms with Gasteiger partial charge in [-0.2, -0.15) is 0 Å². The van der Waals surface area contributed by atoms with Gasteiger partial charge in [-0.25, -0.2) is 4.39 Å². The van der Waals surface area contributed by atoms with E-state index in [0.29, 0.717) is 23.1 Å². The molecule has 90 valence electrons. The largest absolute Gasteiger partial charge is 0.311 e. The van der Waals surface area contributed by atoms with Crippen LogP contribution in [0.3, 0.4) is 0 Å². The van der Waals surface area contributed by atoms with Crippen molar-refractivity contribution < 1.29 is 9.18 Å². The van der Waals surface area contributed by atoms with Crippen molar-refractivity contribution >= 4 is 27.5 Å². The summed E-state index contributed by atoms with van der Waals surface area (Å²) in [6, 6.07) is 3.10. The highest BCUT2D eigenvalue weighted by Crippen LogP contribution is 2.31. The van der Waals surface area contributed by atoms with Crippen molar-refractivity contribution in [3.05, 3.63) is 40.6 Å². The molecule has 17 heavy (non-hydrogen) atoms. The SMILES string of the molecule is C=CC1CC(=O)N(c2cc(F)c(Br)cc2C)C1. The van der Waals surface area contributed by atoms with Crippen LogP contribution in [-0.4, -0.2) is 12.5 Å². The van der Waals surface area contributed by atoms with Crippen LogP contribution in [0.4, 0.5) is 10.1 Å². The van der Waals surface area contributed by atoms with E-state index in [2.05, 4.69) is 22.5 Å². The Kier molecular flexibility index (Phi) is 3.33. The van der Waals surface area contributed by atoms with Crippen LogP contribution in [0.15, 0.2) is 29.3 Å². The molecule has 2 nitrogen and oxygen atoms in total. The van der Waals surface area contributed by atoms with Gasteiger partial charge in [0.2, 0.25) is 5.91 Å². The summed E-state index contributed by atoms with van der Waals surface area (Å²) in [5.41, 5.74) is 1.54. The fraction of sp³-hybridized carbons (Fsp3) is 0.308. The van der Waals surface area contributed by atoms with Crippen LogP contribution in [0.1, 0.15) is 12.0 Å². The first-order valence-electron chi connectivity index (χ1n) is 5.41. The van der Waals surface area contributed by atoms with Gasteiger partial charge in [-0.3, -0.25) is 4.79 Å². The second kappa shape index (κ2) is 4.61. The lowest BCUT2D eigenvalue weighted by Gasteiger charge is -2.19. The number of halogens is 2. The molecule has 1 aromatic rings. The zero-order chi connectivity index (χ0) is 12.6. The molecule has 0 N–H and O–H groups in total. The van der Waals surface area contributed by atoms with Crippen LogP contribution in [0.5, 0.6) is 0 Å². The first-order chi connectivity index (χ1) is 8.02. The Balaban J connectivity index is 2.38. The van der Waals surface area contributed by atoms with E-state index in [9.17, 15) is 9.18 Å². The summed E-state index contributed by atoms with van der Waals surface area (Å²) in [7, 11) is 0. The average molecular weight is 298 g/mol. The van der Waals surface area contributed by atoms with E-state index in [4.69, 9.17) is 0 Å². The highest BCUT2D eigenvalue weighted by molar-refractivity contribution is 9.10. The monoisotopic (exact) mass is 297 g/mol. The molecule has 1 heterocycles. The van der Waals surface area contributed by atoms with Gasteiger partial charge in [0.15, 0.2) is 0 Å². The minimum atomic E-state index is -0.347. The summed E-state index contributed by atoms with van der Waals surface area (Å²) in [6.45, 7) is 6.16. The fourth-order valence-corrected chi connectivity index (χ4v) is 2.51. The Labute approximate surface area is 108 Å². The zero-order valence-electron chi connectivity index (χ0n) is 9.54. The molecular weight excluding hydrogens is 285 g/mol. The van der Waals surface area contributed by atoms with Crippen LogP contribution in [0.2, 0.25) is 0 Å². The number of amides is 1. The van der Waals surface area contributed by atoms with E-state index in [1.807, 2.05) is 6.92 Å². The van der Waals surface area contributed by atoms with Crippen molar-refractivity contribution in [1.29, 1.82) is 0 Å². The third-order valence-electron chi connectivity index (χ3n) is 3.02. The second-order valence-corrected chi connectivity index (χ2v) is 5.11. The molecule has 0 spiro atoms. The van der Waals surface area contributed by atoms with Crippen LogP contribution in [0, 0.1) is 18.7 Å². The first-order valence-corrected chi connectivity index (χ1v) is 6.20. The van der Waals surface area contributed by atoms with Gasteiger partial charge in [0.05, 0.1) is 4.47 Å². The number of aryl methyl sites for hydroxylation is 1. The maximum Gasteiger partial charge on any atom is 0.227 e. The summed E-state index contributed by atoms with van der Waals surface area (Å²) in [6.07, 6.45) is 2.24. The Morgan fingerprint density at radius 3 is 2.88 bits per heavy atom. The summed E-state index contributed by atoms with van der Waals surface area (Å²) < 4.78 is 13.9. The highest BCUT2D eigenvalue weighted by atomic mass is 79.9. The summed E-state index contributed by atoms with van der Waals surface area (Å²) in [5, 5.41) is 0. The van der Waals surface area contributed by atoms with Gasteiger partial charge in [0, 0.05) is 24.6 Å². The van der Waals surface area contributed by atoms with Crippen molar-refractivity contribution in [3.63, 3.8) is 0 Å². The molecule has 1 saturated heterocycles. The molecule has 0 radical (unpaired) electrons. The molecule has 1 atom stereocenters. The molecule has 1 aromatic carbocycles. The van der Waals surface area contributed by atoms with Crippen LogP contribution in [-0.2, 0) is 4.79 Å². The number of hydrogen-bond donors (Lipinski definition) is 0. The zero-order valence-corrected chi connectivity index (χ0v) is 11.1. The Bertz CT molecular complexity index is 487. The smallest absolute Gasteiger partial charge is 0.227 e. The van der Waals surface area contributed by atoms with Crippen molar-refractivity contribution in [3.8, 4) is 0 Å². The Morgan fingerprint density at radius 1 is 1.59 bits per heavy atom. The van der Waals surface area contributed by atoms with E-state index in [-0.39, 0.29) is 17.6 Å². The van der Waals surface area contributed by atoms with Gasteiger partial charge in [-0.15, -0.1) is 6.58 Å². The fourth-order valence-electron chi connectivity index (χ4n) is 2.05. The van der Waals surface area contributed by atoms with Crippen LogP contribution in [0.25, 0.3) is 0 Å². The van der Waals surface area contributed by atoms with Gasteiger partial charge in [-0.1, -0.05) is 6.08 Å². The molecule has 2 rings (SSSR count). The third kappa shape index (κ3) is 2.27. The number of hydrogen-bond acceptors (Lipinski definition) is 1. The Hall–Kier alpha value is -1.16. The molecule has 0 saturated carbocycles. The van der Waals surface area contributed by atoms with E-state index in [1.54, 1.807) is 17.0 Å². The minimum Gasteiger partial charge on any atom is -0.311 e. The van der Waals surface area contributed by atoms with E-state index in [1.165, 1.54) is 6.07 Å². The van der Waals surface area contributed by atoms with Crippen molar-refractivity contribution in [2.45, 2.75) is 13.3 Å². The average Bonchev–Trinajstić information content (AvgIpc) is 2.65. The number of carbonyl (C=O) groups excluding carboxylic acids is 1. The van der Waals surface area contributed by atoms with Crippen LogP contribution >= 0.6 is 15.9 Å². The minimum absolute atomic E-state index is 0.0275. The summed E-state index contributed by atoms with van der Waals surface area (Å²) in [4.78, 5) is 13.5. The standard InChI is InChI=1S/C13H13BrFNO/c1-3-9-5-13(17)16(7-9)12-6-11(15)10(14)4-8(12)2/h3-4,6,9H,1,5,7H2,2H3. The third-order valence-corrected chi connectivity index (χ3v) is 3.63. The predicted octanol–water partition coefficient (Wildman–Crippen LogP) is 3.44. The normalized spacial score (nSPS) is 19.8. The molecule has 4 heteroatoms. The van der Waals surface area contributed by atoms with E-state index in [0.717, 1.165) is 5.56 Å². The molecule has 1 amide bonds. The van der Waals surface area contributed by atoms with Crippen LogP contribution < -0.4 is 4.90 Å². The quantitative estimate of drug-likeness (QED) is 0.766. The number of rotatable bonds is 2. The van der Waals surface area contributed by atoms with Gasteiger partial charge < -0.3 is 4.90 Å². The van der Waals surface area contributed by atoms with E-state index < -0.39 is 0 Å². The molecule has 0 aliphatic carbocycles. The van der Waals surface area contributed by atoms with Gasteiger partial charge in [-0.05, 0) is 40.5 Å². The molecule has 0 aromatic heterocycles. The van der Waals surface area contributed by atoms with Crippen molar-refractivity contribution in [2.24, 2.45) is 5.92 Å². The maximum atomic E-state index is 13.5. The van der Waals surface area contributed by atoms with Gasteiger partial charge >= 0.3 is 0 Å². The lowest BCUT2D eigenvalue weighted by Crippen LogP contribution is -2.25. The molecule has 1 unspecified atom stereocenters. The lowest BCUT2D eigenvalue weighted by atomic mass is 10.1. The van der Waals surface area contributed by atoms with Gasteiger partial charge in [0.1, 0.15) is 5.82 Å². The molecule has 1 aliphatic heterocycles. The number of carbonyl (C=O) groups is 1. The lowest BCUT2D eigenvalue weighted by molar-refractivity contribution is -0.117. The predicted molar refractivity (Wildman–Crippen MR) is 69.5 cm³/mol. The first kappa shape index (κ1) is 12.3. The second-order valence-electron chi connectivity index (χ2n) is 4.26. The highest BCUT2D eigenvalue weighted by Gasteiger charge is 2.29. The molecular formula is C13H13BrFNO. The number of anilines is 1. The van der Waals surface area contributed by atoms with Crippen molar-refractivity contribution in [2.75, 3.05) is 11.4 Å². The molecule has 1 fully saturated rings. The number of nitrogens with zero attached hydrogens (tertiary/aromatic N) is 1. The Morgan fingerprint density at radius 2 is 2.29 bits per heavy atom. The van der Waals surface area contributed by atoms with E-state index >= 15 is 0 Å².